The highest BCUT2D eigenvalue weighted by atomic mass is 16.6. The van der Waals surface area contributed by atoms with Gasteiger partial charge in [0.25, 0.3) is 0 Å². The van der Waals surface area contributed by atoms with E-state index in [-0.39, 0.29) is 0 Å². The molecule has 0 bridgehead atoms. The van der Waals surface area contributed by atoms with Gasteiger partial charge < -0.3 is 9.47 Å². The van der Waals surface area contributed by atoms with Gasteiger partial charge in [0, 0.05) is 12.3 Å². The van der Waals surface area contributed by atoms with E-state index in [0.717, 1.165) is 0 Å². The Morgan fingerprint density at radius 2 is 2.42 bits per heavy atom. The van der Waals surface area contributed by atoms with E-state index in [9.17, 15) is 4.79 Å². The van der Waals surface area contributed by atoms with Crippen molar-refractivity contribution in [2.75, 3.05) is 13.7 Å². The van der Waals surface area contributed by atoms with Crippen LogP contribution < -0.4 is 4.74 Å². The molecule has 0 amide bonds. The average Bonchev–Trinajstić information content (AvgIpc) is 2.51. The second-order valence-electron chi connectivity index (χ2n) is 2.12. The number of carbonyl (C=O) groups is 1. The van der Waals surface area contributed by atoms with Crippen LogP contribution in [0.4, 0.5) is 4.79 Å². The van der Waals surface area contributed by atoms with Crippen LogP contribution >= 0.6 is 0 Å². The van der Waals surface area contributed by atoms with E-state index in [2.05, 4.69) is 0 Å². The number of nitrogens with zero attached hydrogens (tertiary/aromatic N) is 1. The summed E-state index contributed by atoms with van der Waals surface area (Å²) in [4.78, 5) is 11.1. The normalized spacial score (nSPS) is 9.50. The van der Waals surface area contributed by atoms with Gasteiger partial charge >= 0.3 is 6.09 Å². The predicted octanol–water partition coefficient (Wildman–Crippen LogP) is 1.50. The van der Waals surface area contributed by atoms with Gasteiger partial charge in [-0.1, -0.05) is 0 Å². The minimum absolute atomic E-state index is 0.361. The number of carbonyl (C=O) groups excluding carboxylic acids is 1. The standard InChI is InChI=1S/C8H11NO3/c1-3-12-8(10)9-6-4-5-7(9)11-2/h4-6H,3H2,1-2H3. The van der Waals surface area contributed by atoms with Crippen molar-refractivity contribution < 1.29 is 14.3 Å². The maximum absolute atomic E-state index is 11.1. The zero-order valence-corrected chi connectivity index (χ0v) is 7.11. The van der Waals surface area contributed by atoms with E-state index >= 15 is 0 Å². The third kappa shape index (κ3) is 1.58. The molecule has 1 aromatic rings. The van der Waals surface area contributed by atoms with Crippen molar-refractivity contribution in [1.82, 2.24) is 4.57 Å². The highest BCUT2D eigenvalue weighted by Gasteiger charge is 2.08. The second kappa shape index (κ2) is 3.80. The molecule has 1 heterocycles. The molecule has 0 radical (unpaired) electrons. The first-order valence-electron chi connectivity index (χ1n) is 3.68. The molecule has 0 saturated carbocycles. The molecule has 0 aliphatic rings. The van der Waals surface area contributed by atoms with Crippen molar-refractivity contribution in [1.29, 1.82) is 0 Å². The van der Waals surface area contributed by atoms with Crippen LogP contribution in [0.25, 0.3) is 0 Å². The van der Waals surface area contributed by atoms with Crippen molar-refractivity contribution in [2.45, 2.75) is 6.92 Å². The third-order valence-corrected chi connectivity index (χ3v) is 1.39. The monoisotopic (exact) mass is 169 g/mol. The fraction of sp³-hybridized carbons (Fsp3) is 0.375. The Labute approximate surface area is 70.7 Å². The van der Waals surface area contributed by atoms with Gasteiger partial charge in [-0.15, -0.1) is 0 Å². The smallest absolute Gasteiger partial charge is 0.420 e. The van der Waals surface area contributed by atoms with Gasteiger partial charge in [0.15, 0.2) is 0 Å². The molecule has 12 heavy (non-hydrogen) atoms. The van der Waals surface area contributed by atoms with Crippen LogP contribution in [0.5, 0.6) is 5.88 Å². The van der Waals surface area contributed by atoms with Crippen LogP contribution in [-0.2, 0) is 4.74 Å². The first kappa shape index (κ1) is 8.64. The molecule has 1 aromatic heterocycles. The zero-order chi connectivity index (χ0) is 8.97. The van der Waals surface area contributed by atoms with E-state index < -0.39 is 6.09 Å². The van der Waals surface area contributed by atoms with Crippen LogP contribution in [0.3, 0.4) is 0 Å². The number of ether oxygens (including phenoxy) is 2. The molecule has 0 N–H and O–H groups in total. The van der Waals surface area contributed by atoms with Crippen molar-refractivity contribution in [3.63, 3.8) is 0 Å². The Morgan fingerprint density at radius 1 is 1.67 bits per heavy atom. The summed E-state index contributed by atoms with van der Waals surface area (Å²) in [7, 11) is 1.51. The molecule has 0 unspecified atom stereocenters. The second-order valence-corrected chi connectivity index (χ2v) is 2.12. The molecule has 0 spiro atoms. The van der Waals surface area contributed by atoms with Crippen LogP contribution in [0.1, 0.15) is 6.92 Å². The fourth-order valence-electron chi connectivity index (χ4n) is 0.875. The zero-order valence-electron chi connectivity index (χ0n) is 7.11. The van der Waals surface area contributed by atoms with E-state index in [0.29, 0.717) is 12.5 Å². The Bertz CT molecular complexity index is 267. The van der Waals surface area contributed by atoms with Gasteiger partial charge in [0.1, 0.15) is 0 Å². The largest absolute Gasteiger partial charge is 0.482 e. The summed E-state index contributed by atoms with van der Waals surface area (Å²) >= 11 is 0. The lowest BCUT2D eigenvalue weighted by Crippen LogP contribution is -2.13. The van der Waals surface area contributed by atoms with Crippen LogP contribution in [0.2, 0.25) is 0 Å². The van der Waals surface area contributed by atoms with Crippen LogP contribution in [-0.4, -0.2) is 24.4 Å². The summed E-state index contributed by atoms with van der Waals surface area (Å²) in [6.45, 7) is 2.12. The van der Waals surface area contributed by atoms with Crippen molar-refractivity contribution in [3.05, 3.63) is 18.3 Å². The van der Waals surface area contributed by atoms with Crippen molar-refractivity contribution in [2.24, 2.45) is 0 Å². The Hall–Kier alpha value is -1.45. The minimum atomic E-state index is -0.417. The van der Waals surface area contributed by atoms with Gasteiger partial charge in [0.2, 0.25) is 5.88 Å². The van der Waals surface area contributed by atoms with Gasteiger partial charge in [-0.05, 0) is 13.0 Å². The summed E-state index contributed by atoms with van der Waals surface area (Å²) in [5.41, 5.74) is 0. The number of rotatable bonds is 2. The summed E-state index contributed by atoms with van der Waals surface area (Å²) in [6.07, 6.45) is 1.18. The first-order valence-corrected chi connectivity index (χ1v) is 3.68. The third-order valence-electron chi connectivity index (χ3n) is 1.39. The number of hydrogen-bond donors (Lipinski definition) is 0. The van der Waals surface area contributed by atoms with E-state index in [4.69, 9.17) is 9.47 Å². The Balaban J connectivity index is 2.79. The number of aromatic nitrogens is 1. The quantitative estimate of drug-likeness (QED) is 0.673. The first-order chi connectivity index (χ1) is 5.79. The lowest BCUT2D eigenvalue weighted by molar-refractivity contribution is 0.151. The van der Waals surface area contributed by atoms with Gasteiger partial charge in [-0.25, -0.2) is 9.36 Å². The molecule has 4 nitrogen and oxygen atoms in total. The Morgan fingerprint density at radius 3 is 3.00 bits per heavy atom. The van der Waals surface area contributed by atoms with Gasteiger partial charge in [-0.2, -0.15) is 0 Å². The predicted molar refractivity (Wildman–Crippen MR) is 43.4 cm³/mol. The van der Waals surface area contributed by atoms with Gasteiger partial charge in [0.05, 0.1) is 13.7 Å². The molecule has 0 atom stereocenters. The molecule has 0 aromatic carbocycles. The molecule has 4 heteroatoms. The minimum Gasteiger partial charge on any atom is -0.482 e. The lowest BCUT2D eigenvalue weighted by atomic mass is 10.6. The topological polar surface area (TPSA) is 40.5 Å². The average molecular weight is 169 g/mol. The van der Waals surface area contributed by atoms with E-state index in [1.807, 2.05) is 0 Å². The fourth-order valence-corrected chi connectivity index (χ4v) is 0.875. The highest BCUT2D eigenvalue weighted by Crippen LogP contribution is 2.11. The molecule has 1 rings (SSSR count). The lowest BCUT2D eigenvalue weighted by Gasteiger charge is -2.05. The molecule has 0 saturated heterocycles. The van der Waals surface area contributed by atoms with Crippen molar-refractivity contribution in [3.8, 4) is 5.88 Å². The van der Waals surface area contributed by atoms with Gasteiger partial charge in [-0.3, -0.25) is 0 Å². The summed E-state index contributed by atoms with van der Waals surface area (Å²) in [5.74, 6) is 0.480. The highest BCUT2D eigenvalue weighted by molar-refractivity contribution is 5.72. The van der Waals surface area contributed by atoms with Crippen LogP contribution in [0.15, 0.2) is 18.3 Å². The molecular formula is C8H11NO3. The van der Waals surface area contributed by atoms with E-state index in [1.54, 1.807) is 25.3 Å². The summed E-state index contributed by atoms with van der Waals surface area (Å²) in [5, 5.41) is 0. The molecule has 0 aliphatic carbocycles. The molecule has 66 valence electrons. The number of methoxy groups -OCH3 is 1. The SMILES string of the molecule is CCOC(=O)n1cccc1OC. The maximum atomic E-state index is 11.1. The van der Waals surface area contributed by atoms with Crippen LogP contribution in [0, 0.1) is 0 Å². The molecule has 0 fully saturated rings. The number of hydrogen-bond acceptors (Lipinski definition) is 3. The summed E-state index contributed by atoms with van der Waals surface area (Å²) < 4.78 is 11.0. The molecular weight excluding hydrogens is 158 g/mol. The Kier molecular flexibility index (Phi) is 2.74. The van der Waals surface area contributed by atoms with Crippen molar-refractivity contribution >= 4 is 6.09 Å². The van der Waals surface area contributed by atoms with E-state index in [1.165, 1.54) is 11.7 Å². The summed E-state index contributed by atoms with van der Waals surface area (Å²) in [6, 6.07) is 3.41. The molecule has 0 aliphatic heterocycles. The maximum Gasteiger partial charge on any atom is 0.420 e.